The van der Waals surface area contributed by atoms with Crippen LogP contribution in [-0.2, 0) is 0 Å². The van der Waals surface area contributed by atoms with E-state index in [-0.39, 0.29) is 0 Å². The Hall–Kier alpha value is -3.47. The van der Waals surface area contributed by atoms with E-state index < -0.39 is 0 Å². The molecule has 0 aliphatic carbocycles. The summed E-state index contributed by atoms with van der Waals surface area (Å²) in [6, 6.07) is 20.2. The van der Waals surface area contributed by atoms with Crippen LogP contribution in [0, 0.1) is 0 Å². The molecule has 2 aromatic heterocycles. The summed E-state index contributed by atoms with van der Waals surface area (Å²) in [5.41, 5.74) is 4.06. The number of fused-ring (bicyclic) bond motifs is 1. The van der Waals surface area contributed by atoms with Crippen molar-refractivity contribution in [1.29, 1.82) is 0 Å². The first-order chi connectivity index (χ1) is 13.8. The largest absolute Gasteiger partial charge is 0.439 e. The van der Waals surface area contributed by atoms with Gasteiger partial charge < -0.3 is 9.64 Å². The molecule has 0 spiro atoms. The van der Waals surface area contributed by atoms with Crippen molar-refractivity contribution < 1.29 is 4.74 Å². The molecule has 0 radical (unpaired) electrons. The summed E-state index contributed by atoms with van der Waals surface area (Å²) in [5, 5.41) is 1.08. The minimum atomic E-state index is 0.520. The van der Waals surface area contributed by atoms with Gasteiger partial charge in [0.1, 0.15) is 12.1 Å². The standard InChI is InChI=1S/C23H20N4O/c1-2-12-27(11-1)19-7-3-5-18(13-19)22-15-23(26-16-25-22)28-20-9-8-17-6-4-10-24-21(17)14-20/h3-10,13-16H,1-2,11-12H2. The third-order valence-corrected chi connectivity index (χ3v) is 5.05. The second-order valence-corrected chi connectivity index (χ2v) is 6.95. The lowest BCUT2D eigenvalue weighted by atomic mass is 10.1. The number of ether oxygens (including phenoxy) is 1. The molecule has 0 amide bonds. The molecule has 0 bridgehead atoms. The predicted octanol–water partition coefficient (Wildman–Crippen LogP) is 5.08. The number of benzene rings is 2. The van der Waals surface area contributed by atoms with Gasteiger partial charge >= 0.3 is 0 Å². The zero-order valence-electron chi connectivity index (χ0n) is 15.5. The van der Waals surface area contributed by atoms with E-state index in [4.69, 9.17) is 4.74 Å². The maximum absolute atomic E-state index is 5.98. The minimum Gasteiger partial charge on any atom is -0.439 e. The van der Waals surface area contributed by atoms with Gasteiger partial charge in [0.15, 0.2) is 0 Å². The average Bonchev–Trinajstić information content (AvgIpc) is 3.29. The van der Waals surface area contributed by atoms with Crippen molar-refractivity contribution in [3.05, 3.63) is 73.2 Å². The lowest BCUT2D eigenvalue weighted by Gasteiger charge is -2.18. The molecule has 0 N–H and O–H groups in total. The first-order valence-electron chi connectivity index (χ1n) is 9.55. The fraction of sp³-hybridized carbons (Fsp3) is 0.174. The lowest BCUT2D eigenvalue weighted by molar-refractivity contribution is 0.462. The number of rotatable bonds is 4. The van der Waals surface area contributed by atoms with E-state index in [1.807, 2.05) is 36.4 Å². The fourth-order valence-corrected chi connectivity index (χ4v) is 3.62. The quantitative estimate of drug-likeness (QED) is 0.502. The van der Waals surface area contributed by atoms with E-state index in [0.29, 0.717) is 11.6 Å². The molecule has 0 unspecified atom stereocenters. The number of pyridine rings is 1. The maximum atomic E-state index is 5.98. The number of nitrogens with zero attached hydrogens (tertiary/aromatic N) is 4. The van der Waals surface area contributed by atoms with Gasteiger partial charge in [-0.15, -0.1) is 0 Å². The van der Waals surface area contributed by atoms with Crippen molar-refractivity contribution in [2.24, 2.45) is 0 Å². The van der Waals surface area contributed by atoms with Gasteiger partial charge in [0.2, 0.25) is 5.88 Å². The monoisotopic (exact) mass is 368 g/mol. The smallest absolute Gasteiger partial charge is 0.222 e. The molecule has 1 aliphatic rings. The zero-order chi connectivity index (χ0) is 18.8. The van der Waals surface area contributed by atoms with Crippen LogP contribution >= 0.6 is 0 Å². The lowest BCUT2D eigenvalue weighted by Crippen LogP contribution is -2.17. The summed E-state index contributed by atoms with van der Waals surface area (Å²) in [6.07, 6.45) is 5.85. The first kappa shape index (κ1) is 16.7. The molecule has 1 aliphatic heterocycles. The molecule has 1 saturated heterocycles. The molecular formula is C23H20N4O. The molecule has 5 heteroatoms. The van der Waals surface area contributed by atoms with Crippen molar-refractivity contribution in [2.75, 3.05) is 18.0 Å². The van der Waals surface area contributed by atoms with Gasteiger partial charge in [0.25, 0.3) is 0 Å². The third-order valence-electron chi connectivity index (χ3n) is 5.05. The maximum Gasteiger partial charge on any atom is 0.222 e. The molecular weight excluding hydrogens is 348 g/mol. The number of aromatic nitrogens is 3. The average molecular weight is 368 g/mol. The van der Waals surface area contributed by atoms with Crippen LogP contribution in [0.15, 0.2) is 73.2 Å². The Kier molecular flexibility index (Phi) is 4.33. The van der Waals surface area contributed by atoms with Gasteiger partial charge in [0, 0.05) is 48.1 Å². The molecule has 2 aromatic carbocycles. The van der Waals surface area contributed by atoms with Gasteiger partial charge in [-0.3, -0.25) is 4.98 Å². The van der Waals surface area contributed by atoms with Crippen LogP contribution in [0.5, 0.6) is 11.6 Å². The Balaban J connectivity index is 1.42. The van der Waals surface area contributed by atoms with Crippen LogP contribution < -0.4 is 9.64 Å². The predicted molar refractivity (Wildman–Crippen MR) is 111 cm³/mol. The minimum absolute atomic E-state index is 0.520. The SMILES string of the molecule is c1cc(-c2cc(Oc3ccc4cccnc4c3)ncn2)cc(N2CCCC2)c1. The Morgan fingerprint density at radius 3 is 2.68 bits per heavy atom. The summed E-state index contributed by atoms with van der Waals surface area (Å²) in [5.74, 6) is 1.23. The van der Waals surface area contributed by atoms with Crippen LogP contribution in [0.1, 0.15) is 12.8 Å². The second kappa shape index (κ2) is 7.27. The van der Waals surface area contributed by atoms with E-state index >= 15 is 0 Å². The summed E-state index contributed by atoms with van der Waals surface area (Å²) >= 11 is 0. The van der Waals surface area contributed by atoms with Gasteiger partial charge in [-0.25, -0.2) is 9.97 Å². The summed E-state index contributed by atoms with van der Waals surface area (Å²) < 4.78 is 5.98. The normalized spacial score (nSPS) is 13.8. The molecule has 1 fully saturated rings. The van der Waals surface area contributed by atoms with Crippen molar-refractivity contribution in [3.63, 3.8) is 0 Å². The van der Waals surface area contributed by atoms with Crippen LogP contribution in [-0.4, -0.2) is 28.0 Å². The highest BCUT2D eigenvalue weighted by molar-refractivity contribution is 5.79. The second-order valence-electron chi connectivity index (χ2n) is 6.95. The summed E-state index contributed by atoms with van der Waals surface area (Å²) in [7, 11) is 0. The third kappa shape index (κ3) is 3.39. The zero-order valence-corrected chi connectivity index (χ0v) is 15.5. The van der Waals surface area contributed by atoms with Crippen molar-refractivity contribution in [3.8, 4) is 22.9 Å². The van der Waals surface area contributed by atoms with Gasteiger partial charge in [-0.1, -0.05) is 18.2 Å². The van der Waals surface area contributed by atoms with E-state index in [0.717, 1.165) is 35.2 Å². The first-order valence-corrected chi connectivity index (χ1v) is 9.55. The van der Waals surface area contributed by atoms with Gasteiger partial charge in [0.05, 0.1) is 11.2 Å². The van der Waals surface area contributed by atoms with Crippen LogP contribution in [0.3, 0.4) is 0 Å². The Labute approximate surface area is 163 Å². The number of hydrogen-bond acceptors (Lipinski definition) is 5. The van der Waals surface area contributed by atoms with E-state index in [1.54, 1.807) is 12.5 Å². The fourth-order valence-electron chi connectivity index (χ4n) is 3.62. The Morgan fingerprint density at radius 2 is 1.75 bits per heavy atom. The Morgan fingerprint density at radius 1 is 0.821 bits per heavy atom. The van der Waals surface area contributed by atoms with Gasteiger partial charge in [-0.05, 0) is 43.2 Å². The van der Waals surface area contributed by atoms with E-state index in [1.165, 1.54) is 18.5 Å². The molecule has 0 atom stereocenters. The molecule has 28 heavy (non-hydrogen) atoms. The van der Waals surface area contributed by atoms with E-state index in [9.17, 15) is 0 Å². The number of hydrogen-bond donors (Lipinski definition) is 0. The summed E-state index contributed by atoms with van der Waals surface area (Å²) in [4.78, 5) is 15.5. The summed E-state index contributed by atoms with van der Waals surface area (Å²) in [6.45, 7) is 2.25. The number of anilines is 1. The van der Waals surface area contributed by atoms with Crippen molar-refractivity contribution in [2.45, 2.75) is 12.8 Å². The molecule has 5 nitrogen and oxygen atoms in total. The highest BCUT2D eigenvalue weighted by Crippen LogP contribution is 2.29. The van der Waals surface area contributed by atoms with Crippen molar-refractivity contribution >= 4 is 16.6 Å². The highest BCUT2D eigenvalue weighted by atomic mass is 16.5. The molecule has 0 saturated carbocycles. The van der Waals surface area contributed by atoms with Crippen LogP contribution in [0.2, 0.25) is 0 Å². The Bertz CT molecular complexity index is 1120. The molecule has 4 aromatic rings. The van der Waals surface area contributed by atoms with E-state index in [2.05, 4.69) is 44.1 Å². The van der Waals surface area contributed by atoms with Crippen LogP contribution in [0.4, 0.5) is 5.69 Å². The molecule has 3 heterocycles. The topological polar surface area (TPSA) is 51.1 Å². The van der Waals surface area contributed by atoms with Gasteiger partial charge in [-0.2, -0.15) is 0 Å². The molecule has 138 valence electrons. The van der Waals surface area contributed by atoms with Crippen LogP contribution in [0.25, 0.3) is 22.2 Å². The molecule has 5 rings (SSSR count). The highest BCUT2D eigenvalue weighted by Gasteiger charge is 2.13. The van der Waals surface area contributed by atoms with Crippen molar-refractivity contribution in [1.82, 2.24) is 15.0 Å².